The molecule has 1 heterocycles. The van der Waals surface area contributed by atoms with E-state index in [-0.39, 0.29) is 21.5 Å². The lowest BCUT2D eigenvalue weighted by Crippen LogP contribution is -2.39. The molecule has 2 aromatic carbocycles. The number of benzene rings is 2. The lowest BCUT2D eigenvalue weighted by Gasteiger charge is -2.24. The van der Waals surface area contributed by atoms with Crippen molar-refractivity contribution in [1.29, 1.82) is 0 Å². The normalized spacial score (nSPS) is 15.6. The van der Waals surface area contributed by atoms with Crippen LogP contribution >= 0.6 is 11.6 Å². The molecule has 1 aliphatic rings. The van der Waals surface area contributed by atoms with E-state index in [1.165, 1.54) is 30.3 Å². The lowest BCUT2D eigenvalue weighted by atomic mass is 10.0. The van der Waals surface area contributed by atoms with Crippen LogP contribution in [0, 0.1) is 5.92 Å². The predicted octanol–water partition coefficient (Wildman–Crippen LogP) is 5.68. The number of halogens is 4. The van der Waals surface area contributed by atoms with Gasteiger partial charge < -0.3 is 10.6 Å². The quantitative estimate of drug-likeness (QED) is 0.417. The fourth-order valence-electron chi connectivity index (χ4n) is 3.62. The number of nitrogens with one attached hydrogen (secondary N) is 3. The second-order valence-corrected chi connectivity index (χ2v) is 10.9. The molecule has 0 fully saturated rings. The third kappa shape index (κ3) is 7.36. The highest BCUT2D eigenvalue weighted by molar-refractivity contribution is 7.90. The predicted molar refractivity (Wildman–Crippen MR) is 135 cm³/mol. The van der Waals surface area contributed by atoms with E-state index in [2.05, 4.69) is 20.3 Å². The topological polar surface area (TPSA) is 99.7 Å². The zero-order valence-corrected chi connectivity index (χ0v) is 21.4. The van der Waals surface area contributed by atoms with Crippen LogP contribution in [0.2, 0.25) is 5.02 Å². The van der Waals surface area contributed by atoms with Gasteiger partial charge in [-0.1, -0.05) is 31.9 Å². The van der Waals surface area contributed by atoms with Crippen LogP contribution in [0.15, 0.2) is 52.4 Å². The Morgan fingerprint density at radius 3 is 2.36 bits per heavy atom. The zero-order chi connectivity index (χ0) is 26.5. The van der Waals surface area contributed by atoms with Crippen molar-refractivity contribution in [3.8, 4) is 0 Å². The monoisotopic (exact) mass is 544 g/mol. The van der Waals surface area contributed by atoms with Gasteiger partial charge in [0.15, 0.2) is 0 Å². The van der Waals surface area contributed by atoms with E-state index in [0.29, 0.717) is 24.5 Å². The smallest absolute Gasteiger partial charge is 0.372 e. The average molecular weight is 545 g/mol. The van der Waals surface area contributed by atoms with Gasteiger partial charge in [0.05, 0.1) is 21.2 Å². The summed E-state index contributed by atoms with van der Waals surface area (Å²) in [6, 6.07) is 7.72. The number of hydrogen-bond donors (Lipinski definition) is 3. The molecule has 0 aliphatic carbocycles. The molecule has 0 saturated heterocycles. The number of anilines is 2. The summed E-state index contributed by atoms with van der Waals surface area (Å²) in [6.45, 7) is 4.13. The molecule has 1 amide bonds. The van der Waals surface area contributed by atoms with E-state index in [1.54, 1.807) is 13.8 Å². The minimum absolute atomic E-state index is 0.0301. The summed E-state index contributed by atoms with van der Waals surface area (Å²) in [6.07, 6.45) is -1.17. The summed E-state index contributed by atoms with van der Waals surface area (Å²) in [7, 11) is -3.81. The molecule has 3 rings (SSSR count). The van der Waals surface area contributed by atoms with Gasteiger partial charge in [-0.3, -0.25) is 14.5 Å². The molecular formula is C24H28ClF3N4O3S. The third-order valence-corrected chi connectivity index (χ3v) is 7.33. The lowest BCUT2D eigenvalue weighted by molar-refractivity contribution is -0.137. The maximum Gasteiger partial charge on any atom is 0.416 e. The number of sulfonamides is 1. The fourth-order valence-corrected chi connectivity index (χ4v) is 4.94. The summed E-state index contributed by atoms with van der Waals surface area (Å²) in [5.74, 6) is -0.257. The summed E-state index contributed by atoms with van der Waals surface area (Å²) in [4.78, 5) is 17.2. The van der Waals surface area contributed by atoms with Crippen LogP contribution in [0.3, 0.4) is 0 Å². The van der Waals surface area contributed by atoms with Gasteiger partial charge in [0.2, 0.25) is 5.91 Å². The fraction of sp³-hybridized carbons (Fsp3) is 0.417. The van der Waals surface area contributed by atoms with Crippen LogP contribution in [0.25, 0.3) is 0 Å². The maximum atomic E-state index is 12.9. The minimum atomic E-state index is -4.53. The molecule has 12 heteroatoms. The molecule has 196 valence electrons. The Morgan fingerprint density at radius 1 is 1.06 bits per heavy atom. The Hall–Kier alpha value is -2.79. The van der Waals surface area contributed by atoms with Crippen LogP contribution in [-0.2, 0) is 21.0 Å². The zero-order valence-electron chi connectivity index (χ0n) is 19.8. The van der Waals surface area contributed by atoms with Crippen LogP contribution in [0.4, 0.5) is 24.5 Å². The van der Waals surface area contributed by atoms with Gasteiger partial charge in [0.1, 0.15) is 11.9 Å². The van der Waals surface area contributed by atoms with Crippen LogP contribution in [0.1, 0.15) is 45.1 Å². The Balaban J connectivity index is 1.69. The third-order valence-electron chi connectivity index (χ3n) is 5.62. The number of carbonyl (C=O) groups excluding carboxylic acids is 1. The highest BCUT2D eigenvalue weighted by Gasteiger charge is 2.31. The van der Waals surface area contributed by atoms with Crippen molar-refractivity contribution in [2.75, 3.05) is 17.2 Å². The highest BCUT2D eigenvalue weighted by Crippen LogP contribution is 2.34. The van der Waals surface area contributed by atoms with Crippen molar-refractivity contribution in [1.82, 2.24) is 4.72 Å². The molecule has 0 spiro atoms. The summed E-state index contributed by atoms with van der Waals surface area (Å²) in [5, 5.41) is 5.44. The number of amidine groups is 1. The number of carbonyl (C=O) groups is 1. The summed E-state index contributed by atoms with van der Waals surface area (Å²) >= 11 is 6.02. The van der Waals surface area contributed by atoms with Gasteiger partial charge in [-0.15, -0.1) is 0 Å². The van der Waals surface area contributed by atoms with Crippen LogP contribution in [-0.4, -0.2) is 32.7 Å². The molecule has 1 unspecified atom stereocenters. The first-order chi connectivity index (χ1) is 16.9. The van der Waals surface area contributed by atoms with Crippen molar-refractivity contribution in [3.05, 3.63) is 53.1 Å². The van der Waals surface area contributed by atoms with Crippen molar-refractivity contribution in [2.24, 2.45) is 10.9 Å². The van der Waals surface area contributed by atoms with E-state index in [1.807, 2.05) is 0 Å². The largest absolute Gasteiger partial charge is 0.416 e. The number of alkyl halides is 3. The Kier molecular flexibility index (Phi) is 8.89. The molecule has 36 heavy (non-hydrogen) atoms. The van der Waals surface area contributed by atoms with Gasteiger partial charge in [0.25, 0.3) is 10.0 Å². The van der Waals surface area contributed by atoms with Crippen molar-refractivity contribution in [3.63, 3.8) is 0 Å². The Bertz CT molecular complexity index is 1220. The van der Waals surface area contributed by atoms with Gasteiger partial charge in [-0.05, 0) is 61.2 Å². The Labute approximate surface area is 213 Å². The molecule has 3 N–H and O–H groups in total. The first-order valence-electron chi connectivity index (χ1n) is 11.5. The number of nitrogens with zero attached hydrogens (tertiary/aromatic N) is 1. The van der Waals surface area contributed by atoms with E-state index in [9.17, 15) is 26.4 Å². The molecule has 1 atom stereocenters. The summed E-state index contributed by atoms with van der Waals surface area (Å²) < 4.78 is 66.6. The van der Waals surface area contributed by atoms with Gasteiger partial charge in [0, 0.05) is 18.7 Å². The average Bonchev–Trinajstić information content (AvgIpc) is 3.05. The van der Waals surface area contributed by atoms with E-state index >= 15 is 0 Å². The van der Waals surface area contributed by atoms with Crippen molar-refractivity contribution in [2.45, 2.75) is 56.6 Å². The van der Waals surface area contributed by atoms with E-state index in [4.69, 9.17) is 11.6 Å². The highest BCUT2D eigenvalue weighted by atomic mass is 35.5. The second-order valence-electron chi connectivity index (χ2n) is 8.82. The molecule has 0 bridgehead atoms. The number of hydrogen-bond acceptors (Lipinski definition) is 5. The van der Waals surface area contributed by atoms with E-state index < -0.39 is 33.7 Å². The first kappa shape index (κ1) is 27.8. The van der Waals surface area contributed by atoms with Gasteiger partial charge >= 0.3 is 6.18 Å². The molecule has 0 saturated carbocycles. The van der Waals surface area contributed by atoms with Crippen LogP contribution in [0.5, 0.6) is 0 Å². The molecular weight excluding hydrogens is 517 g/mol. The molecule has 0 aromatic heterocycles. The first-order valence-corrected chi connectivity index (χ1v) is 13.3. The molecule has 7 nitrogen and oxygen atoms in total. The van der Waals surface area contributed by atoms with Crippen molar-refractivity contribution >= 4 is 44.7 Å². The maximum absolute atomic E-state index is 12.9. The minimum Gasteiger partial charge on any atom is -0.372 e. The summed E-state index contributed by atoms with van der Waals surface area (Å²) in [5.41, 5.74) is -0.344. The van der Waals surface area contributed by atoms with Crippen LogP contribution < -0.4 is 15.4 Å². The van der Waals surface area contributed by atoms with Gasteiger partial charge in [-0.2, -0.15) is 13.2 Å². The Morgan fingerprint density at radius 2 is 1.75 bits per heavy atom. The number of amides is 1. The molecule has 2 aromatic rings. The van der Waals surface area contributed by atoms with Gasteiger partial charge in [-0.25, -0.2) is 8.42 Å². The standard InChI is InChI=1S/C24H28ClF3N4O3S/c1-15(2)22(31-20-12-7-16(14-19(20)25)24(26,27)28)23(33)30-17-8-10-18(11-9-17)36(34,35)32-21-6-4-3-5-13-29-21/h7-12,14-15,22,31H,3-6,13H2,1-2H3,(H,29,32)(H,30,33). The molecule has 0 radical (unpaired) electrons. The van der Waals surface area contributed by atoms with Crippen molar-refractivity contribution < 1.29 is 26.4 Å². The SMILES string of the molecule is CC(C)C(Nc1ccc(C(F)(F)F)cc1Cl)C(=O)Nc1ccc(S(=O)(=O)NC2=NCCCCC2)cc1. The van der Waals surface area contributed by atoms with E-state index in [0.717, 1.165) is 31.4 Å². The second kappa shape index (κ2) is 11.5. The number of aliphatic imine (C=N–C) groups is 1. The molecule has 1 aliphatic heterocycles. The number of rotatable bonds is 7.